The van der Waals surface area contributed by atoms with Crippen LogP contribution in [0.25, 0.3) is 0 Å². The van der Waals surface area contributed by atoms with Gasteiger partial charge < -0.3 is 15.4 Å². The molecule has 0 unspecified atom stereocenters. The Kier molecular flexibility index (Phi) is 10.6. The molecule has 0 amide bonds. The summed E-state index contributed by atoms with van der Waals surface area (Å²) in [5.74, 6) is 0.877. The number of thioether (sulfide) groups is 1. The molecule has 0 heterocycles. The molecule has 0 atom stereocenters. The fourth-order valence-electron chi connectivity index (χ4n) is 2.06. The van der Waals surface area contributed by atoms with E-state index in [-0.39, 0.29) is 4.75 Å². The molecule has 0 fully saturated rings. The molecule has 0 spiro atoms. The van der Waals surface area contributed by atoms with E-state index in [9.17, 15) is 0 Å². The number of guanidine groups is 1. The predicted molar refractivity (Wildman–Crippen MR) is 107 cm³/mol. The Morgan fingerprint density at radius 3 is 2.54 bits per heavy atom. The monoisotopic (exact) mass is 351 g/mol. The summed E-state index contributed by atoms with van der Waals surface area (Å²) >= 11 is 1.86. The van der Waals surface area contributed by atoms with Crippen LogP contribution in [0.4, 0.5) is 0 Å². The van der Waals surface area contributed by atoms with Crippen LogP contribution in [0, 0.1) is 0 Å². The number of ether oxygens (including phenoxy) is 1. The Hall–Kier alpha value is -1.20. The summed E-state index contributed by atoms with van der Waals surface area (Å²) in [6.45, 7) is 7.89. The molecular formula is C19H33N3OS. The molecule has 0 saturated heterocycles. The molecule has 0 radical (unpaired) electrons. The van der Waals surface area contributed by atoms with Gasteiger partial charge in [-0.3, -0.25) is 4.99 Å². The van der Waals surface area contributed by atoms with Gasteiger partial charge in [-0.25, -0.2) is 0 Å². The Balaban J connectivity index is 2.00. The van der Waals surface area contributed by atoms with Crippen LogP contribution in [-0.2, 0) is 11.2 Å². The number of benzene rings is 1. The van der Waals surface area contributed by atoms with Crippen molar-refractivity contribution in [1.29, 1.82) is 0 Å². The molecule has 0 aliphatic heterocycles. The third-order valence-electron chi connectivity index (χ3n) is 3.84. The van der Waals surface area contributed by atoms with E-state index in [1.54, 1.807) is 0 Å². The molecule has 4 nitrogen and oxygen atoms in total. The van der Waals surface area contributed by atoms with Crippen LogP contribution in [0.2, 0.25) is 0 Å². The van der Waals surface area contributed by atoms with Gasteiger partial charge in [-0.05, 0) is 44.9 Å². The molecule has 1 aromatic rings. The van der Waals surface area contributed by atoms with E-state index in [1.807, 2.05) is 24.9 Å². The smallest absolute Gasteiger partial charge is 0.191 e. The number of aliphatic imine (C=N–C) groups is 1. The molecule has 0 aliphatic carbocycles. The van der Waals surface area contributed by atoms with E-state index < -0.39 is 0 Å². The van der Waals surface area contributed by atoms with E-state index in [0.717, 1.165) is 51.5 Å². The molecule has 24 heavy (non-hydrogen) atoms. The number of nitrogens with one attached hydrogen (secondary N) is 2. The van der Waals surface area contributed by atoms with E-state index in [0.29, 0.717) is 0 Å². The first-order valence-corrected chi connectivity index (χ1v) is 9.91. The van der Waals surface area contributed by atoms with Crippen molar-refractivity contribution >= 4 is 17.7 Å². The highest BCUT2D eigenvalue weighted by atomic mass is 32.2. The minimum atomic E-state index is 0.213. The molecule has 136 valence electrons. The van der Waals surface area contributed by atoms with Gasteiger partial charge in [0.2, 0.25) is 0 Å². The second-order valence-electron chi connectivity index (χ2n) is 6.37. The first-order chi connectivity index (χ1) is 11.6. The fraction of sp³-hybridized carbons (Fsp3) is 0.632. The van der Waals surface area contributed by atoms with Gasteiger partial charge in [-0.2, -0.15) is 11.8 Å². The second kappa shape index (κ2) is 12.2. The summed E-state index contributed by atoms with van der Waals surface area (Å²) in [5.41, 5.74) is 1.34. The zero-order chi connectivity index (χ0) is 17.7. The zero-order valence-electron chi connectivity index (χ0n) is 15.6. The van der Waals surface area contributed by atoms with Crippen LogP contribution < -0.4 is 10.6 Å². The molecule has 1 aromatic carbocycles. The second-order valence-corrected chi connectivity index (χ2v) is 7.88. The van der Waals surface area contributed by atoms with Crippen molar-refractivity contribution in [1.82, 2.24) is 10.6 Å². The molecule has 0 aliphatic rings. The highest BCUT2D eigenvalue weighted by Crippen LogP contribution is 2.19. The minimum Gasteiger partial charge on any atom is -0.381 e. The molecule has 2 N–H and O–H groups in total. The topological polar surface area (TPSA) is 45.7 Å². The van der Waals surface area contributed by atoms with Gasteiger partial charge in [-0.15, -0.1) is 0 Å². The fourth-order valence-corrected chi connectivity index (χ4v) is 2.28. The average molecular weight is 352 g/mol. The Bertz CT molecular complexity index is 463. The first-order valence-electron chi connectivity index (χ1n) is 8.69. The van der Waals surface area contributed by atoms with Gasteiger partial charge >= 0.3 is 0 Å². The van der Waals surface area contributed by atoms with Gasteiger partial charge in [0.15, 0.2) is 5.96 Å². The number of rotatable bonds is 11. The normalized spacial score (nSPS) is 12.2. The van der Waals surface area contributed by atoms with Crippen LogP contribution in [0.3, 0.4) is 0 Å². The Labute approximate surface area is 151 Å². The van der Waals surface area contributed by atoms with Gasteiger partial charge in [0.25, 0.3) is 0 Å². The zero-order valence-corrected chi connectivity index (χ0v) is 16.4. The summed E-state index contributed by atoms with van der Waals surface area (Å²) in [5, 5.41) is 6.73. The van der Waals surface area contributed by atoms with Crippen molar-refractivity contribution in [3.05, 3.63) is 35.9 Å². The van der Waals surface area contributed by atoms with Gasteiger partial charge in [0, 0.05) is 31.5 Å². The molecule has 0 bridgehead atoms. The van der Waals surface area contributed by atoms with Crippen molar-refractivity contribution in [3.8, 4) is 0 Å². The first kappa shape index (κ1) is 20.8. The van der Waals surface area contributed by atoms with E-state index in [1.165, 1.54) is 5.56 Å². The third-order valence-corrected chi connectivity index (χ3v) is 5.09. The predicted octanol–water partition coefficient (Wildman–Crippen LogP) is 3.33. The van der Waals surface area contributed by atoms with Crippen LogP contribution >= 0.6 is 11.8 Å². The van der Waals surface area contributed by atoms with E-state index in [2.05, 4.69) is 60.0 Å². The third kappa shape index (κ3) is 9.83. The average Bonchev–Trinajstić information content (AvgIpc) is 2.60. The van der Waals surface area contributed by atoms with Crippen molar-refractivity contribution in [2.24, 2.45) is 4.99 Å². The maximum atomic E-state index is 5.70. The SMILES string of the molecule is CN=C(NCCCCOCCc1ccccc1)NCC(C)(C)SC. The quantitative estimate of drug-likeness (QED) is 0.365. The Morgan fingerprint density at radius 2 is 1.88 bits per heavy atom. The summed E-state index contributed by atoms with van der Waals surface area (Å²) in [4.78, 5) is 4.26. The summed E-state index contributed by atoms with van der Waals surface area (Å²) in [6.07, 6.45) is 5.27. The molecule has 0 aromatic heterocycles. The lowest BCUT2D eigenvalue weighted by atomic mass is 10.2. The maximum absolute atomic E-state index is 5.70. The number of unbranched alkanes of at least 4 members (excludes halogenated alkanes) is 1. The van der Waals surface area contributed by atoms with Crippen molar-refractivity contribution in [3.63, 3.8) is 0 Å². The standard InChI is InChI=1S/C19H33N3OS/c1-19(2,24-4)16-22-18(20-3)21-13-8-9-14-23-15-12-17-10-6-5-7-11-17/h5-7,10-11H,8-9,12-16H2,1-4H3,(H2,20,21,22). The van der Waals surface area contributed by atoms with Crippen LogP contribution in [0.5, 0.6) is 0 Å². The van der Waals surface area contributed by atoms with Crippen molar-refractivity contribution in [2.45, 2.75) is 37.9 Å². The summed E-state index contributed by atoms with van der Waals surface area (Å²) in [6, 6.07) is 10.5. The van der Waals surface area contributed by atoms with Gasteiger partial charge in [0.1, 0.15) is 0 Å². The van der Waals surface area contributed by atoms with Crippen LogP contribution in [0.15, 0.2) is 35.3 Å². The highest BCUT2D eigenvalue weighted by molar-refractivity contribution is 7.99. The maximum Gasteiger partial charge on any atom is 0.191 e. The lowest BCUT2D eigenvalue weighted by molar-refractivity contribution is 0.133. The summed E-state index contributed by atoms with van der Waals surface area (Å²) in [7, 11) is 1.81. The van der Waals surface area contributed by atoms with Gasteiger partial charge in [0.05, 0.1) is 6.61 Å². The lowest BCUT2D eigenvalue weighted by Crippen LogP contribution is -2.43. The lowest BCUT2D eigenvalue weighted by Gasteiger charge is -2.23. The van der Waals surface area contributed by atoms with E-state index >= 15 is 0 Å². The van der Waals surface area contributed by atoms with Gasteiger partial charge in [-0.1, -0.05) is 30.3 Å². The molecule has 0 saturated carbocycles. The highest BCUT2D eigenvalue weighted by Gasteiger charge is 2.15. The minimum absolute atomic E-state index is 0.213. The summed E-state index contributed by atoms with van der Waals surface area (Å²) < 4.78 is 5.91. The molecule has 1 rings (SSSR count). The molecule has 5 heteroatoms. The number of hydrogen-bond donors (Lipinski definition) is 2. The van der Waals surface area contributed by atoms with Crippen LogP contribution in [0.1, 0.15) is 32.3 Å². The van der Waals surface area contributed by atoms with Crippen molar-refractivity contribution < 1.29 is 4.74 Å². The van der Waals surface area contributed by atoms with E-state index in [4.69, 9.17) is 4.74 Å². The number of hydrogen-bond acceptors (Lipinski definition) is 3. The van der Waals surface area contributed by atoms with Crippen molar-refractivity contribution in [2.75, 3.05) is 39.6 Å². The molecular weight excluding hydrogens is 318 g/mol. The van der Waals surface area contributed by atoms with Crippen LogP contribution in [-0.4, -0.2) is 50.3 Å². The Morgan fingerprint density at radius 1 is 1.12 bits per heavy atom. The largest absolute Gasteiger partial charge is 0.381 e. The number of nitrogens with zero attached hydrogens (tertiary/aromatic N) is 1.